The molecule has 0 N–H and O–H groups in total. The molecule has 1 saturated carbocycles. The number of nitrogens with zero attached hydrogens (tertiary/aromatic N) is 3. The third-order valence-corrected chi connectivity index (χ3v) is 4.84. The molecule has 102 valence electrons. The van der Waals surface area contributed by atoms with Gasteiger partial charge in [-0.25, -0.2) is 4.98 Å². The summed E-state index contributed by atoms with van der Waals surface area (Å²) in [5, 5.41) is 0. The van der Waals surface area contributed by atoms with E-state index < -0.39 is 0 Å². The minimum Gasteiger partial charge on any atom is -0.330 e. The Labute approximate surface area is 121 Å². The molecule has 20 heavy (non-hydrogen) atoms. The lowest BCUT2D eigenvalue weighted by Gasteiger charge is -2.28. The van der Waals surface area contributed by atoms with Crippen LogP contribution in [0, 0.1) is 0 Å². The van der Waals surface area contributed by atoms with Gasteiger partial charge >= 0.3 is 0 Å². The topological polar surface area (TPSA) is 38.1 Å². The lowest BCUT2D eigenvalue weighted by molar-refractivity contribution is -0.116. The number of aromatic nitrogens is 2. The van der Waals surface area contributed by atoms with E-state index >= 15 is 0 Å². The van der Waals surface area contributed by atoms with Gasteiger partial charge in [0.15, 0.2) is 0 Å². The summed E-state index contributed by atoms with van der Waals surface area (Å²) in [5.41, 5.74) is 1.01. The Kier molecular flexibility index (Phi) is 2.80. The quantitative estimate of drug-likeness (QED) is 0.870. The molecule has 0 bridgehead atoms. The van der Waals surface area contributed by atoms with Gasteiger partial charge in [0, 0.05) is 23.3 Å². The molecule has 0 radical (unpaired) electrons. The SMILES string of the molecule is O=C1CSc2ccccc2N1Cc1nccn1C1CC1. The summed E-state index contributed by atoms with van der Waals surface area (Å²) in [6.07, 6.45) is 6.32. The minimum absolute atomic E-state index is 0.166. The van der Waals surface area contributed by atoms with Gasteiger partial charge in [0.25, 0.3) is 0 Å². The van der Waals surface area contributed by atoms with Crippen molar-refractivity contribution in [3.05, 3.63) is 42.5 Å². The number of para-hydroxylation sites is 1. The largest absolute Gasteiger partial charge is 0.330 e. The fourth-order valence-corrected chi connectivity index (χ4v) is 3.56. The van der Waals surface area contributed by atoms with Crippen LogP contribution < -0.4 is 4.90 Å². The number of carbonyl (C=O) groups excluding carboxylic acids is 1. The van der Waals surface area contributed by atoms with Crippen LogP contribution in [0.5, 0.6) is 0 Å². The zero-order valence-corrected chi connectivity index (χ0v) is 11.8. The van der Waals surface area contributed by atoms with Crippen LogP contribution in [0.4, 0.5) is 5.69 Å². The van der Waals surface area contributed by atoms with E-state index in [0.29, 0.717) is 18.3 Å². The highest BCUT2D eigenvalue weighted by atomic mass is 32.2. The van der Waals surface area contributed by atoms with Crippen LogP contribution in [-0.2, 0) is 11.3 Å². The molecule has 0 spiro atoms. The van der Waals surface area contributed by atoms with Crippen molar-refractivity contribution in [1.82, 2.24) is 9.55 Å². The molecule has 1 fully saturated rings. The van der Waals surface area contributed by atoms with Gasteiger partial charge < -0.3 is 9.47 Å². The average molecular weight is 285 g/mol. The van der Waals surface area contributed by atoms with Crippen LogP contribution in [0.3, 0.4) is 0 Å². The van der Waals surface area contributed by atoms with Crippen LogP contribution in [0.25, 0.3) is 0 Å². The molecular weight excluding hydrogens is 270 g/mol. The molecule has 4 nitrogen and oxygen atoms in total. The molecule has 2 heterocycles. The standard InChI is InChI=1S/C15H15N3OS/c19-15-10-20-13-4-2-1-3-12(13)18(15)9-14-16-7-8-17(14)11-5-6-11/h1-4,7-8,11H,5-6,9-10H2. The summed E-state index contributed by atoms with van der Waals surface area (Å²) in [6.45, 7) is 0.569. The molecule has 1 aliphatic heterocycles. The van der Waals surface area contributed by atoms with Crippen LogP contribution in [-0.4, -0.2) is 21.2 Å². The summed E-state index contributed by atoms with van der Waals surface area (Å²) in [7, 11) is 0. The van der Waals surface area contributed by atoms with E-state index in [4.69, 9.17) is 0 Å². The van der Waals surface area contributed by atoms with Gasteiger partial charge in [0.1, 0.15) is 5.82 Å². The molecule has 0 saturated heterocycles. The van der Waals surface area contributed by atoms with E-state index in [0.717, 1.165) is 11.5 Å². The molecule has 0 unspecified atom stereocenters. The number of anilines is 1. The summed E-state index contributed by atoms with van der Waals surface area (Å²) in [6, 6.07) is 8.69. The maximum atomic E-state index is 12.2. The number of thioether (sulfide) groups is 1. The van der Waals surface area contributed by atoms with Crippen LogP contribution in [0.15, 0.2) is 41.6 Å². The van der Waals surface area contributed by atoms with Gasteiger partial charge in [-0.1, -0.05) is 12.1 Å². The lowest BCUT2D eigenvalue weighted by Crippen LogP contribution is -2.35. The zero-order chi connectivity index (χ0) is 13.5. The van der Waals surface area contributed by atoms with Crippen molar-refractivity contribution in [2.75, 3.05) is 10.7 Å². The third-order valence-electron chi connectivity index (χ3n) is 3.80. The Morgan fingerprint density at radius 2 is 2.15 bits per heavy atom. The van der Waals surface area contributed by atoms with Crippen molar-refractivity contribution in [2.24, 2.45) is 0 Å². The van der Waals surface area contributed by atoms with Gasteiger partial charge in [-0.15, -0.1) is 11.8 Å². The summed E-state index contributed by atoms with van der Waals surface area (Å²) >= 11 is 1.62. The second-order valence-corrected chi connectivity index (χ2v) is 6.24. The highest BCUT2D eigenvalue weighted by Crippen LogP contribution is 2.38. The molecule has 1 aromatic heterocycles. The predicted molar refractivity (Wildman–Crippen MR) is 78.9 cm³/mol. The number of imidazole rings is 1. The molecule has 2 aliphatic rings. The highest BCUT2D eigenvalue weighted by molar-refractivity contribution is 8.00. The van der Waals surface area contributed by atoms with Crippen LogP contribution in [0.2, 0.25) is 0 Å². The van der Waals surface area contributed by atoms with Crippen molar-refractivity contribution in [3.63, 3.8) is 0 Å². The molecule has 1 aromatic carbocycles. The van der Waals surface area contributed by atoms with E-state index in [1.807, 2.05) is 35.5 Å². The van der Waals surface area contributed by atoms with Gasteiger partial charge in [-0.05, 0) is 25.0 Å². The molecule has 2 aromatic rings. The van der Waals surface area contributed by atoms with Crippen molar-refractivity contribution in [3.8, 4) is 0 Å². The molecule has 5 heteroatoms. The Balaban J connectivity index is 1.67. The Morgan fingerprint density at radius 1 is 1.30 bits per heavy atom. The monoisotopic (exact) mass is 285 g/mol. The number of benzene rings is 1. The van der Waals surface area contributed by atoms with Crippen LogP contribution in [0.1, 0.15) is 24.7 Å². The van der Waals surface area contributed by atoms with Crippen molar-refractivity contribution >= 4 is 23.4 Å². The Morgan fingerprint density at radius 3 is 3.00 bits per heavy atom. The van der Waals surface area contributed by atoms with E-state index in [9.17, 15) is 4.79 Å². The van der Waals surface area contributed by atoms with Gasteiger partial charge in [0.2, 0.25) is 5.91 Å². The summed E-state index contributed by atoms with van der Waals surface area (Å²) < 4.78 is 2.22. The number of hydrogen-bond acceptors (Lipinski definition) is 3. The lowest BCUT2D eigenvalue weighted by atomic mass is 10.2. The molecule has 0 atom stereocenters. The first-order valence-electron chi connectivity index (χ1n) is 6.87. The predicted octanol–water partition coefficient (Wildman–Crippen LogP) is 2.86. The fourth-order valence-electron chi connectivity index (χ4n) is 2.62. The van der Waals surface area contributed by atoms with Crippen molar-refractivity contribution in [1.29, 1.82) is 0 Å². The molecular formula is C15H15N3OS. The fraction of sp³-hybridized carbons (Fsp3) is 0.333. The minimum atomic E-state index is 0.166. The number of fused-ring (bicyclic) bond motifs is 1. The number of amides is 1. The Bertz CT molecular complexity index is 663. The van der Waals surface area contributed by atoms with E-state index in [1.165, 1.54) is 17.7 Å². The van der Waals surface area contributed by atoms with Crippen LogP contribution >= 0.6 is 11.8 Å². The maximum absolute atomic E-state index is 12.2. The number of rotatable bonds is 3. The first-order valence-corrected chi connectivity index (χ1v) is 7.85. The van der Waals surface area contributed by atoms with Gasteiger partial charge in [-0.3, -0.25) is 4.79 Å². The van der Waals surface area contributed by atoms with E-state index in [2.05, 4.69) is 15.6 Å². The summed E-state index contributed by atoms with van der Waals surface area (Å²) in [5.74, 6) is 1.67. The van der Waals surface area contributed by atoms with Crippen molar-refractivity contribution < 1.29 is 4.79 Å². The first kappa shape index (κ1) is 12.0. The average Bonchev–Trinajstić information content (AvgIpc) is 3.22. The third kappa shape index (κ3) is 2.02. The smallest absolute Gasteiger partial charge is 0.237 e. The number of hydrogen-bond donors (Lipinski definition) is 0. The first-order chi connectivity index (χ1) is 9.83. The second kappa shape index (κ2) is 4.66. The van der Waals surface area contributed by atoms with Crippen molar-refractivity contribution in [2.45, 2.75) is 30.3 Å². The maximum Gasteiger partial charge on any atom is 0.237 e. The van der Waals surface area contributed by atoms with Gasteiger partial charge in [0.05, 0.1) is 18.0 Å². The number of carbonyl (C=O) groups is 1. The summed E-state index contributed by atoms with van der Waals surface area (Å²) in [4.78, 5) is 19.7. The van der Waals surface area contributed by atoms with Gasteiger partial charge in [-0.2, -0.15) is 0 Å². The molecule has 1 amide bonds. The highest BCUT2D eigenvalue weighted by Gasteiger charge is 2.29. The van der Waals surface area contributed by atoms with E-state index in [-0.39, 0.29) is 5.91 Å². The second-order valence-electron chi connectivity index (χ2n) is 5.22. The van der Waals surface area contributed by atoms with E-state index in [1.54, 1.807) is 11.8 Å². The Hall–Kier alpha value is -1.75. The molecule has 1 aliphatic carbocycles. The molecule has 4 rings (SSSR count). The normalized spacial score (nSPS) is 18.2. The zero-order valence-electron chi connectivity index (χ0n) is 11.0.